The van der Waals surface area contributed by atoms with Gasteiger partial charge in [0.25, 0.3) is 0 Å². The third-order valence-electron chi connectivity index (χ3n) is 2.55. The Morgan fingerprint density at radius 1 is 1.35 bits per heavy atom. The number of hydrogen-bond donors (Lipinski definition) is 1. The van der Waals surface area contributed by atoms with Crippen molar-refractivity contribution in [3.63, 3.8) is 0 Å². The highest BCUT2D eigenvalue weighted by atomic mass is 31.2. The molecule has 0 saturated heterocycles. The predicted octanol–water partition coefficient (Wildman–Crippen LogP) is 3.21. The normalized spacial score (nSPS) is 15.2. The van der Waals surface area contributed by atoms with Gasteiger partial charge in [-0.15, -0.1) is 0 Å². The fraction of sp³-hybridized carbons (Fsp3) is 0.500. The van der Waals surface area contributed by atoms with Gasteiger partial charge in [0.15, 0.2) is 0 Å². The first kappa shape index (κ1) is 16.7. The van der Waals surface area contributed by atoms with Gasteiger partial charge in [-0.05, 0) is 25.5 Å². The molecule has 0 bridgehead atoms. The molecule has 0 aromatic heterocycles. The van der Waals surface area contributed by atoms with Crippen LogP contribution in [0, 0.1) is 0 Å². The van der Waals surface area contributed by atoms with E-state index in [4.69, 9.17) is 9.26 Å². The highest BCUT2D eigenvalue weighted by molar-refractivity contribution is 7.56. The van der Waals surface area contributed by atoms with Crippen LogP contribution in [0.4, 0.5) is 0 Å². The van der Waals surface area contributed by atoms with Crippen LogP contribution in [0.2, 0.25) is 0 Å². The molecule has 0 aliphatic carbocycles. The number of carbonyl (C=O) groups is 1. The summed E-state index contributed by atoms with van der Waals surface area (Å²) in [7, 11) is -3.11. The molecular weight excluding hydrogens is 277 g/mol. The zero-order chi connectivity index (χ0) is 15.0. The van der Waals surface area contributed by atoms with Crippen LogP contribution in [0.5, 0.6) is 5.75 Å². The molecule has 20 heavy (non-hydrogen) atoms. The van der Waals surface area contributed by atoms with Crippen LogP contribution in [-0.4, -0.2) is 25.3 Å². The summed E-state index contributed by atoms with van der Waals surface area (Å²) in [6.45, 7) is 5.45. The van der Waals surface area contributed by atoms with E-state index in [9.17, 15) is 9.36 Å². The largest absolute Gasteiger partial charge is 0.465 e. The Labute approximate surface area is 120 Å². The maximum atomic E-state index is 12.3. The van der Waals surface area contributed by atoms with Crippen LogP contribution < -0.4 is 9.61 Å². The Balaban J connectivity index is 2.48. The van der Waals surface area contributed by atoms with Crippen molar-refractivity contribution in [2.45, 2.75) is 32.7 Å². The van der Waals surface area contributed by atoms with Crippen LogP contribution in [0.3, 0.4) is 0 Å². The Hall–Kier alpha value is -1.32. The lowest BCUT2D eigenvalue weighted by Crippen LogP contribution is -2.34. The van der Waals surface area contributed by atoms with E-state index in [1.54, 1.807) is 31.2 Å². The first-order chi connectivity index (χ1) is 9.44. The molecule has 6 heteroatoms. The first-order valence-electron chi connectivity index (χ1n) is 6.71. The smallest absolute Gasteiger partial charge is 0.323 e. The second-order valence-electron chi connectivity index (χ2n) is 4.62. The predicted molar refractivity (Wildman–Crippen MR) is 79.1 cm³/mol. The molecule has 0 heterocycles. The molecule has 0 aliphatic heterocycles. The number of rotatable bonds is 8. The van der Waals surface area contributed by atoms with Gasteiger partial charge in [-0.3, -0.25) is 9.36 Å². The molecule has 1 aromatic carbocycles. The number of unbranched alkanes of at least 4 members (excludes halogenated alkanes) is 1. The van der Waals surface area contributed by atoms with Crippen LogP contribution in [0.25, 0.3) is 0 Å². The summed E-state index contributed by atoms with van der Waals surface area (Å²) < 4.78 is 22.7. The first-order valence-corrected chi connectivity index (χ1v) is 8.78. The van der Waals surface area contributed by atoms with E-state index in [0.717, 1.165) is 12.8 Å². The van der Waals surface area contributed by atoms with Crippen molar-refractivity contribution in [3.05, 3.63) is 30.3 Å². The second-order valence-corrected chi connectivity index (χ2v) is 6.75. The minimum absolute atomic E-state index is 0.384. The van der Waals surface area contributed by atoms with Crippen LogP contribution in [0.15, 0.2) is 30.3 Å². The van der Waals surface area contributed by atoms with Gasteiger partial charge in [0.1, 0.15) is 11.8 Å². The summed E-state index contributed by atoms with van der Waals surface area (Å²) in [4.78, 5) is 11.7. The molecule has 112 valence electrons. The molecule has 5 nitrogen and oxygen atoms in total. The van der Waals surface area contributed by atoms with Gasteiger partial charge in [0.2, 0.25) is 0 Å². The summed E-state index contributed by atoms with van der Waals surface area (Å²) in [6.07, 6.45) is 1.78. The lowest BCUT2D eigenvalue weighted by Gasteiger charge is -2.20. The Bertz CT molecular complexity index is 464. The van der Waals surface area contributed by atoms with Gasteiger partial charge in [0, 0.05) is 6.66 Å². The molecule has 1 rings (SSSR count). The fourth-order valence-corrected chi connectivity index (χ4v) is 2.94. The van der Waals surface area contributed by atoms with Gasteiger partial charge in [-0.25, -0.2) is 5.09 Å². The number of para-hydroxylation sites is 1. The fourth-order valence-electron chi connectivity index (χ4n) is 1.56. The van der Waals surface area contributed by atoms with E-state index >= 15 is 0 Å². The summed E-state index contributed by atoms with van der Waals surface area (Å²) in [5.41, 5.74) is 0. The Morgan fingerprint density at radius 2 is 2.00 bits per heavy atom. The number of nitrogens with one attached hydrogen (secondary N) is 1. The SMILES string of the molecule is CCCCOC(=O)[C@H](C)NP(C)(=O)Oc1ccccc1. The number of hydrogen-bond acceptors (Lipinski definition) is 4. The molecular formula is C14H22NO4P. The zero-order valence-corrected chi connectivity index (χ0v) is 13.1. The van der Waals surface area contributed by atoms with Crippen LogP contribution in [0.1, 0.15) is 26.7 Å². The van der Waals surface area contributed by atoms with E-state index in [-0.39, 0.29) is 0 Å². The van der Waals surface area contributed by atoms with Crippen molar-refractivity contribution < 1.29 is 18.6 Å². The molecule has 0 fully saturated rings. The van der Waals surface area contributed by atoms with Gasteiger partial charge >= 0.3 is 13.5 Å². The average molecular weight is 299 g/mol. The van der Waals surface area contributed by atoms with Crippen LogP contribution in [-0.2, 0) is 14.1 Å². The lowest BCUT2D eigenvalue weighted by molar-refractivity contribution is -0.145. The molecule has 0 spiro atoms. The summed E-state index contributed by atoms with van der Waals surface area (Å²) >= 11 is 0. The molecule has 1 N–H and O–H groups in total. The van der Waals surface area contributed by atoms with Crippen molar-refractivity contribution in [1.82, 2.24) is 5.09 Å². The highest BCUT2D eigenvalue weighted by Crippen LogP contribution is 2.39. The van der Waals surface area contributed by atoms with Gasteiger partial charge in [-0.2, -0.15) is 0 Å². The number of esters is 1. The molecule has 0 aliphatic rings. The number of benzene rings is 1. The Kier molecular flexibility index (Phi) is 6.76. The summed E-state index contributed by atoms with van der Waals surface area (Å²) in [5.74, 6) is 0.0783. The third-order valence-corrected chi connectivity index (χ3v) is 3.96. The van der Waals surface area contributed by atoms with Gasteiger partial charge in [-0.1, -0.05) is 31.5 Å². The highest BCUT2D eigenvalue weighted by Gasteiger charge is 2.25. The molecule has 1 unspecified atom stereocenters. The monoisotopic (exact) mass is 299 g/mol. The topological polar surface area (TPSA) is 64.6 Å². The minimum Gasteiger partial charge on any atom is -0.465 e. The van der Waals surface area contributed by atoms with Crippen LogP contribution >= 0.6 is 7.52 Å². The number of carbonyl (C=O) groups excluding carboxylic acids is 1. The molecule has 2 atom stereocenters. The van der Waals surface area contributed by atoms with E-state index in [1.807, 2.05) is 13.0 Å². The van der Waals surface area contributed by atoms with E-state index in [1.165, 1.54) is 6.66 Å². The molecule has 0 saturated carbocycles. The molecule has 0 radical (unpaired) electrons. The maximum absolute atomic E-state index is 12.3. The van der Waals surface area contributed by atoms with Crippen molar-refractivity contribution in [2.24, 2.45) is 0 Å². The average Bonchev–Trinajstić information content (AvgIpc) is 2.38. The number of ether oxygens (including phenoxy) is 1. The van der Waals surface area contributed by atoms with Crippen molar-refractivity contribution in [2.75, 3.05) is 13.3 Å². The van der Waals surface area contributed by atoms with E-state index in [0.29, 0.717) is 12.4 Å². The second kappa shape index (κ2) is 8.08. The molecule has 1 aromatic rings. The van der Waals surface area contributed by atoms with Gasteiger partial charge < -0.3 is 9.26 Å². The maximum Gasteiger partial charge on any atom is 0.323 e. The van der Waals surface area contributed by atoms with Gasteiger partial charge in [0.05, 0.1) is 6.61 Å². The lowest BCUT2D eigenvalue weighted by atomic mass is 10.3. The van der Waals surface area contributed by atoms with Crippen molar-refractivity contribution in [3.8, 4) is 5.75 Å². The third kappa shape index (κ3) is 6.22. The minimum atomic E-state index is -3.11. The molecule has 0 amide bonds. The van der Waals surface area contributed by atoms with Crippen molar-refractivity contribution >= 4 is 13.5 Å². The van der Waals surface area contributed by atoms with E-state index in [2.05, 4.69) is 5.09 Å². The summed E-state index contributed by atoms with van der Waals surface area (Å²) in [5, 5.41) is 2.69. The zero-order valence-electron chi connectivity index (χ0n) is 12.2. The van der Waals surface area contributed by atoms with E-state index < -0.39 is 19.5 Å². The quantitative estimate of drug-likeness (QED) is 0.453. The standard InChI is InChI=1S/C14H22NO4P/c1-4-5-11-18-14(16)12(2)15-20(3,17)19-13-9-7-6-8-10-13/h6-10,12H,4-5,11H2,1-3H3,(H,15,17)/t12-,20?/m0/s1. The summed E-state index contributed by atoms with van der Waals surface area (Å²) in [6, 6.07) is 8.17. The Morgan fingerprint density at radius 3 is 2.60 bits per heavy atom. The van der Waals surface area contributed by atoms with Crippen molar-refractivity contribution in [1.29, 1.82) is 0 Å².